The molecule has 5 nitrogen and oxygen atoms in total. The van der Waals surface area contributed by atoms with E-state index in [2.05, 4.69) is 0 Å². The molecule has 0 unspecified atom stereocenters. The van der Waals surface area contributed by atoms with Crippen LogP contribution in [0.5, 0.6) is 11.5 Å². The number of fused-ring (bicyclic) bond motifs is 1. The van der Waals surface area contributed by atoms with Gasteiger partial charge >= 0.3 is 5.97 Å². The number of Topliss-reactive ketones (excluding diaryl/α,β-unsaturated/α-hetero) is 1. The standard InChI is InChI=1S/C21H18O5/c1-2-25-17-9-7-14(8-10-17)20(23)13-26-21(24)18-11-15-5-3-4-6-16(15)12-19(18)22/h3-12,22H,2,13H2,1H3. The first-order valence-electron chi connectivity index (χ1n) is 8.23. The SMILES string of the molecule is CCOc1ccc(C(=O)COC(=O)c2cc3ccccc3cc2O)cc1. The molecule has 3 aromatic carbocycles. The Morgan fingerprint density at radius 2 is 1.62 bits per heavy atom. The first-order valence-corrected chi connectivity index (χ1v) is 8.23. The third-order valence-electron chi connectivity index (χ3n) is 3.91. The topological polar surface area (TPSA) is 72.8 Å². The van der Waals surface area contributed by atoms with Crippen LogP contribution >= 0.6 is 0 Å². The van der Waals surface area contributed by atoms with Gasteiger partial charge in [-0.1, -0.05) is 24.3 Å². The van der Waals surface area contributed by atoms with E-state index in [0.29, 0.717) is 17.9 Å². The van der Waals surface area contributed by atoms with E-state index in [9.17, 15) is 14.7 Å². The number of hydrogen-bond donors (Lipinski definition) is 1. The third-order valence-corrected chi connectivity index (χ3v) is 3.91. The summed E-state index contributed by atoms with van der Waals surface area (Å²) < 4.78 is 10.4. The molecule has 0 aliphatic carbocycles. The second kappa shape index (κ2) is 7.70. The fraction of sp³-hybridized carbons (Fsp3) is 0.143. The third kappa shape index (κ3) is 3.83. The van der Waals surface area contributed by atoms with Crippen LogP contribution in [0.4, 0.5) is 0 Å². The fourth-order valence-electron chi connectivity index (χ4n) is 2.59. The maximum atomic E-state index is 12.2. The summed E-state index contributed by atoms with van der Waals surface area (Å²) in [7, 11) is 0. The van der Waals surface area contributed by atoms with Crippen LogP contribution in [0.2, 0.25) is 0 Å². The molecule has 3 aromatic rings. The van der Waals surface area contributed by atoms with Gasteiger partial charge in [0.2, 0.25) is 0 Å². The van der Waals surface area contributed by atoms with E-state index in [1.807, 2.05) is 31.2 Å². The molecule has 0 heterocycles. The zero-order chi connectivity index (χ0) is 18.5. The smallest absolute Gasteiger partial charge is 0.342 e. The summed E-state index contributed by atoms with van der Waals surface area (Å²) in [5.41, 5.74) is 0.451. The first-order chi connectivity index (χ1) is 12.6. The number of rotatable bonds is 6. The zero-order valence-electron chi connectivity index (χ0n) is 14.3. The maximum absolute atomic E-state index is 12.2. The molecule has 1 N–H and O–H groups in total. The molecule has 132 valence electrons. The molecule has 0 saturated carbocycles. The van der Waals surface area contributed by atoms with Crippen LogP contribution in [0.25, 0.3) is 10.8 Å². The lowest BCUT2D eigenvalue weighted by molar-refractivity contribution is 0.0472. The zero-order valence-corrected chi connectivity index (χ0v) is 14.3. The Kier molecular flexibility index (Phi) is 5.17. The normalized spacial score (nSPS) is 10.5. The van der Waals surface area contributed by atoms with Crippen molar-refractivity contribution < 1.29 is 24.2 Å². The number of carbonyl (C=O) groups is 2. The van der Waals surface area contributed by atoms with Gasteiger partial charge in [-0.2, -0.15) is 0 Å². The average Bonchev–Trinajstić information content (AvgIpc) is 2.66. The van der Waals surface area contributed by atoms with Crippen molar-refractivity contribution in [1.82, 2.24) is 0 Å². The van der Waals surface area contributed by atoms with Gasteiger partial charge in [0.1, 0.15) is 17.1 Å². The highest BCUT2D eigenvalue weighted by Gasteiger charge is 2.16. The van der Waals surface area contributed by atoms with Crippen LogP contribution in [-0.2, 0) is 4.74 Å². The van der Waals surface area contributed by atoms with Crippen molar-refractivity contribution in [3.05, 3.63) is 71.8 Å². The minimum atomic E-state index is -0.743. The molecule has 0 amide bonds. The van der Waals surface area contributed by atoms with Gasteiger partial charge in [-0.25, -0.2) is 4.79 Å². The average molecular weight is 350 g/mol. The van der Waals surface area contributed by atoms with E-state index < -0.39 is 12.6 Å². The molecule has 0 fully saturated rings. The lowest BCUT2D eigenvalue weighted by Gasteiger charge is -2.08. The number of aromatic hydroxyl groups is 1. The summed E-state index contributed by atoms with van der Waals surface area (Å²) in [6, 6.07) is 17.0. The number of esters is 1. The number of phenolic OH excluding ortho intramolecular Hbond substituents is 1. The van der Waals surface area contributed by atoms with Crippen molar-refractivity contribution in [2.75, 3.05) is 13.2 Å². The first kappa shape index (κ1) is 17.5. The van der Waals surface area contributed by atoms with Gasteiger partial charge in [0.25, 0.3) is 0 Å². The number of benzene rings is 3. The van der Waals surface area contributed by atoms with Crippen molar-refractivity contribution in [2.24, 2.45) is 0 Å². The predicted molar refractivity (Wildman–Crippen MR) is 97.8 cm³/mol. The molecule has 0 bridgehead atoms. The molecular formula is C21H18O5. The molecule has 0 aromatic heterocycles. The van der Waals surface area contributed by atoms with Crippen molar-refractivity contribution in [1.29, 1.82) is 0 Å². The summed E-state index contributed by atoms with van der Waals surface area (Å²) in [4.78, 5) is 24.4. The Morgan fingerprint density at radius 1 is 0.962 bits per heavy atom. The summed E-state index contributed by atoms with van der Waals surface area (Å²) in [5.74, 6) is -0.585. The summed E-state index contributed by atoms with van der Waals surface area (Å²) in [6.45, 7) is 2.01. The number of carbonyl (C=O) groups excluding carboxylic acids is 2. The minimum absolute atomic E-state index is 0.0307. The molecule has 0 aliphatic rings. The Labute approximate surface area is 150 Å². The van der Waals surface area contributed by atoms with Gasteiger partial charge in [-0.15, -0.1) is 0 Å². The van der Waals surface area contributed by atoms with Crippen LogP contribution in [0.3, 0.4) is 0 Å². The van der Waals surface area contributed by atoms with Crippen molar-refractivity contribution in [2.45, 2.75) is 6.92 Å². The Bertz CT molecular complexity index is 944. The highest BCUT2D eigenvalue weighted by atomic mass is 16.5. The second-order valence-electron chi connectivity index (χ2n) is 5.67. The molecule has 0 spiro atoms. The Balaban J connectivity index is 1.68. The van der Waals surface area contributed by atoms with Gasteiger partial charge in [0, 0.05) is 5.56 Å². The lowest BCUT2D eigenvalue weighted by Crippen LogP contribution is -2.14. The van der Waals surface area contributed by atoms with Crippen LogP contribution < -0.4 is 4.74 Å². The number of ether oxygens (including phenoxy) is 2. The lowest BCUT2D eigenvalue weighted by atomic mass is 10.1. The van der Waals surface area contributed by atoms with Gasteiger partial charge in [-0.3, -0.25) is 4.79 Å². The molecule has 0 atom stereocenters. The molecule has 0 saturated heterocycles. The largest absolute Gasteiger partial charge is 0.507 e. The highest BCUT2D eigenvalue weighted by molar-refractivity contribution is 6.01. The van der Waals surface area contributed by atoms with Gasteiger partial charge in [-0.05, 0) is 54.1 Å². The van der Waals surface area contributed by atoms with Crippen LogP contribution in [0.1, 0.15) is 27.6 Å². The van der Waals surface area contributed by atoms with Gasteiger partial charge in [0.15, 0.2) is 12.4 Å². The Morgan fingerprint density at radius 3 is 2.27 bits per heavy atom. The monoisotopic (exact) mass is 350 g/mol. The number of ketones is 1. The predicted octanol–water partition coefficient (Wildman–Crippen LogP) is 3.98. The molecule has 26 heavy (non-hydrogen) atoms. The van der Waals surface area contributed by atoms with Crippen molar-refractivity contribution in [3.8, 4) is 11.5 Å². The van der Waals surface area contributed by atoms with Crippen LogP contribution in [-0.4, -0.2) is 30.1 Å². The fourth-order valence-corrected chi connectivity index (χ4v) is 2.59. The molecular weight excluding hydrogens is 332 g/mol. The second-order valence-corrected chi connectivity index (χ2v) is 5.67. The summed E-state index contributed by atoms with van der Waals surface area (Å²) in [6.07, 6.45) is 0. The Hall–Kier alpha value is -3.34. The van der Waals surface area contributed by atoms with E-state index in [4.69, 9.17) is 9.47 Å². The maximum Gasteiger partial charge on any atom is 0.342 e. The number of hydrogen-bond acceptors (Lipinski definition) is 5. The summed E-state index contributed by atoms with van der Waals surface area (Å²) >= 11 is 0. The van der Waals surface area contributed by atoms with E-state index in [-0.39, 0.29) is 17.1 Å². The highest BCUT2D eigenvalue weighted by Crippen LogP contribution is 2.25. The summed E-state index contributed by atoms with van der Waals surface area (Å²) in [5, 5.41) is 11.7. The van der Waals surface area contributed by atoms with E-state index in [1.54, 1.807) is 30.3 Å². The van der Waals surface area contributed by atoms with Crippen LogP contribution in [0, 0.1) is 0 Å². The van der Waals surface area contributed by atoms with E-state index in [0.717, 1.165) is 10.8 Å². The molecule has 0 radical (unpaired) electrons. The molecule has 0 aliphatic heterocycles. The van der Waals surface area contributed by atoms with Gasteiger partial charge in [0.05, 0.1) is 6.61 Å². The minimum Gasteiger partial charge on any atom is -0.507 e. The number of phenols is 1. The van der Waals surface area contributed by atoms with E-state index >= 15 is 0 Å². The molecule has 5 heteroatoms. The van der Waals surface area contributed by atoms with Crippen LogP contribution in [0.15, 0.2) is 60.7 Å². The van der Waals surface area contributed by atoms with Gasteiger partial charge < -0.3 is 14.6 Å². The van der Waals surface area contributed by atoms with E-state index in [1.165, 1.54) is 6.07 Å². The quantitative estimate of drug-likeness (QED) is 0.538. The van der Waals surface area contributed by atoms with Crippen molar-refractivity contribution >= 4 is 22.5 Å². The van der Waals surface area contributed by atoms with Crippen molar-refractivity contribution in [3.63, 3.8) is 0 Å². The molecule has 3 rings (SSSR count).